The normalized spacial score (nSPS) is 10.0. The molecule has 0 aliphatic rings. The monoisotopic (exact) mass is 365 g/mol. The number of methoxy groups -OCH3 is 2. The largest absolute Gasteiger partial charge is 0.496 e. The molecule has 0 radical (unpaired) electrons. The lowest BCUT2D eigenvalue weighted by Gasteiger charge is -2.13. The molecule has 8 heteroatoms. The van der Waals surface area contributed by atoms with E-state index in [9.17, 15) is 9.59 Å². The van der Waals surface area contributed by atoms with E-state index >= 15 is 0 Å². The number of anilines is 1. The summed E-state index contributed by atoms with van der Waals surface area (Å²) >= 11 is 6.02. The van der Waals surface area contributed by atoms with Gasteiger partial charge in [0, 0.05) is 6.07 Å². The number of halogens is 1. The number of carbonyl (C=O) groups is 2. The van der Waals surface area contributed by atoms with Gasteiger partial charge in [-0.05, 0) is 18.2 Å². The minimum atomic E-state index is -1.18. The number of amides is 1. The molecule has 0 aliphatic carbocycles. The van der Waals surface area contributed by atoms with Crippen molar-refractivity contribution in [2.24, 2.45) is 0 Å². The first kappa shape index (κ1) is 18.4. The van der Waals surface area contributed by atoms with Gasteiger partial charge in [0.2, 0.25) is 0 Å². The van der Waals surface area contributed by atoms with Crippen LogP contribution in [-0.4, -0.2) is 37.8 Å². The van der Waals surface area contributed by atoms with Crippen LogP contribution in [0.2, 0.25) is 5.02 Å². The third kappa shape index (κ3) is 4.54. The third-order valence-corrected chi connectivity index (χ3v) is 3.53. The number of aromatic carboxylic acids is 1. The third-order valence-electron chi connectivity index (χ3n) is 3.22. The molecule has 132 valence electrons. The highest BCUT2D eigenvalue weighted by atomic mass is 35.5. The number of ether oxygens (including phenoxy) is 3. The summed E-state index contributed by atoms with van der Waals surface area (Å²) in [7, 11) is 2.82. The molecule has 0 bridgehead atoms. The van der Waals surface area contributed by atoms with Gasteiger partial charge in [-0.3, -0.25) is 4.79 Å². The second-order valence-corrected chi connectivity index (χ2v) is 5.23. The molecule has 0 saturated heterocycles. The number of carboxylic acids is 1. The Morgan fingerprint density at radius 2 is 1.72 bits per heavy atom. The zero-order valence-corrected chi connectivity index (χ0v) is 14.3. The van der Waals surface area contributed by atoms with Crippen LogP contribution in [0.3, 0.4) is 0 Å². The molecule has 2 aromatic rings. The van der Waals surface area contributed by atoms with Gasteiger partial charge in [0.1, 0.15) is 11.3 Å². The van der Waals surface area contributed by atoms with Crippen molar-refractivity contribution < 1.29 is 28.9 Å². The molecule has 0 spiro atoms. The van der Waals surface area contributed by atoms with Crippen LogP contribution in [0.4, 0.5) is 5.69 Å². The molecule has 0 heterocycles. The number of benzene rings is 2. The zero-order valence-electron chi connectivity index (χ0n) is 13.5. The first-order chi connectivity index (χ1) is 12.0. The fraction of sp³-hybridized carbons (Fsp3) is 0.176. The van der Waals surface area contributed by atoms with E-state index in [1.807, 2.05) is 0 Å². The predicted octanol–water partition coefficient (Wildman–Crippen LogP) is 3.07. The number of carboxylic acid groups (broad SMARTS) is 1. The fourth-order valence-corrected chi connectivity index (χ4v) is 2.26. The molecule has 0 saturated carbocycles. The molecular formula is C17H16ClNO6. The summed E-state index contributed by atoms with van der Waals surface area (Å²) < 4.78 is 15.6. The van der Waals surface area contributed by atoms with Gasteiger partial charge in [-0.1, -0.05) is 23.7 Å². The van der Waals surface area contributed by atoms with Gasteiger partial charge in [0.15, 0.2) is 18.1 Å². The molecule has 0 aliphatic heterocycles. The minimum absolute atomic E-state index is 0.0730. The molecule has 2 N–H and O–H groups in total. The highest BCUT2D eigenvalue weighted by Crippen LogP contribution is 2.31. The van der Waals surface area contributed by atoms with Gasteiger partial charge in [0.25, 0.3) is 5.91 Å². The second kappa shape index (κ2) is 8.25. The van der Waals surface area contributed by atoms with Gasteiger partial charge in [-0.15, -0.1) is 0 Å². The van der Waals surface area contributed by atoms with Crippen molar-refractivity contribution in [3.05, 3.63) is 47.0 Å². The first-order valence-electron chi connectivity index (χ1n) is 7.12. The predicted molar refractivity (Wildman–Crippen MR) is 92.1 cm³/mol. The summed E-state index contributed by atoms with van der Waals surface area (Å²) in [6.45, 7) is -0.278. The summed E-state index contributed by atoms with van der Waals surface area (Å²) in [6.07, 6.45) is 0. The van der Waals surface area contributed by atoms with Crippen molar-refractivity contribution in [3.8, 4) is 17.2 Å². The minimum Gasteiger partial charge on any atom is -0.496 e. The maximum atomic E-state index is 12.1. The zero-order chi connectivity index (χ0) is 18.4. The average Bonchev–Trinajstić information content (AvgIpc) is 2.61. The van der Waals surface area contributed by atoms with Crippen LogP contribution >= 0.6 is 11.6 Å². The Kier molecular flexibility index (Phi) is 6.08. The maximum absolute atomic E-state index is 12.1. The van der Waals surface area contributed by atoms with Crippen LogP contribution in [0.5, 0.6) is 17.2 Å². The van der Waals surface area contributed by atoms with Crippen molar-refractivity contribution >= 4 is 29.2 Å². The molecule has 25 heavy (non-hydrogen) atoms. The van der Waals surface area contributed by atoms with E-state index in [0.29, 0.717) is 11.5 Å². The van der Waals surface area contributed by atoms with Crippen molar-refractivity contribution in [3.63, 3.8) is 0 Å². The lowest BCUT2D eigenvalue weighted by molar-refractivity contribution is -0.118. The Balaban J connectivity index is 2.09. The SMILES string of the molecule is COc1ccccc1OCC(=O)Nc1cc(OC)c(C(=O)O)cc1Cl. The van der Waals surface area contributed by atoms with Crippen LogP contribution < -0.4 is 19.5 Å². The number of hydrogen-bond donors (Lipinski definition) is 2. The number of para-hydroxylation sites is 2. The van der Waals surface area contributed by atoms with Gasteiger partial charge >= 0.3 is 5.97 Å². The Hall–Kier alpha value is -2.93. The maximum Gasteiger partial charge on any atom is 0.339 e. The Bertz CT molecular complexity index is 793. The summed E-state index contributed by atoms with van der Waals surface area (Å²) in [4.78, 5) is 23.2. The van der Waals surface area contributed by atoms with Crippen LogP contribution in [0, 0.1) is 0 Å². The van der Waals surface area contributed by atoms with E-state index in [-0.39, 0.29) is 28.6 Å². The van der Waals surface area contributed by atoms with E-state index < -0.39 is 11.9 Å². The molecular weight excluding hydrogens is 350 g/mol. The Morgan fingerprint density at radius 3 is 2.32 bits per heavy atom. The molecule has 7 nitrogen and oxygen atoms in total. The summed E-state index contributed by atoms with van der Waals surface area (Å²) in [5.41, 5.74) is 0.118. The lowest BCUT2D eigenvalue weighted by atomic mass is 10.2. The number of nitrogens with one attached hydrogen (secondary N) is 1. The van der Waals surface area contributed by atoms with E-state index in [2.05, 4.69) is 5.32 Å². The van der Waals surface area contributed by atoms with Crippen molar-refractivity contribution in [2.75, 3.05) is 26.1 Å². The highest BCUT2D eigenvalue weighted by Gasteiger charge is 2.16. The van der Waals surface area contributed by atoms with Gasteiger partial charge in [-0.2, -0.15) is 0 Å². The van der Waals surface area contributed by atoms with Crippen LogP contribution in [0.25, 0.3) is 0 Å². The van der Waals surface area contributed by atoms with Crippen LogP contribution in [-0.2, 0) is 4.79 Å². The molecule has 0 atom stereocenters. The topological polar surface area (TPSA) is 94.1 Å². The standard InChI is InChI=1S/C17H16ClNO6/c1-23-13-5-3-4-6-14(13)25-9-16(20)19-12-8-15(24-2)10(17(21)22)7-11(12)18/h3-8H,9H2,1-2H3,(H,19,20)(H,21,22). The Labute approximate surface area is 149 Å². The lowest BCUT2D eigenvalue weighted by Crippen LogP contribution is -2.20. The average molecular weight is 366 g/mol. The quantitative estimate of drug-likeness (QED) is 0.783. The summed E-state index contributed by atoms with van der Waals surface area (Å²) in [5.74, 6) is -0.655. The molecule has 2 rings (SSSR count). The first-order valence-corrected chi connectivity index (χ1v) is 7.50. The van der Waals surface area contributed by atoms with Gasteiger partial charge in [-0.25, -0.2) is 4.79 Å². The van der Waals surface area contributed by atoms with Gasteiger partial charge < -0.3 is 24.6 Å². The van der Waals surface area contributed by atoms with Crippen LogP contribution in [0.15, 0.2) is 36.4 Å². The van der Waals surface area contributed by atoms with Gasteiger partial charge in [0.05, 0.1) is 24.9 Å². The molecule has 0 fully saturated rings. The van der Waals surface area contributed by atoms with E-state index in [0.717, 1.165) is 0 Å². The van der Waals surface area contributed by atoms with E-state index in [4.69, 9.17) is 30.9 Å². The van der Waals surface area contributed by atoms with E-state index in [1.165, 1.54) is 26.4 Å². The van der Waals surface area contributed by atoms with Crippen molar-refractivity contribution in [1.29, 1.82) is 0 Å². The van der Waals surface area contributed by atoms with Crippen LogP contribution in [0.1, 0.15) is 10.4 Å². The van der Waals surface area contributed by atoms with E-state index in [1.54, 1.807) is 24.3 Å². The number of carbonyl (C=O) groups excluding carboxylic acids is 1. The number of hydrogen-bond acceptors (Lipinski definition) is 5. The molecule has 1 amide bonds. The molecule has 2 aromatic carbocycles. The van der Waals surface area contributed by atoms with Crippen molar-refractivity contribution in [1.82, 2.24) is 0 Å². The molecule has 0 aromatic heterocycles. The highest BCUT2D eigenvalue weighted by molar-refractivity contribution is 6.34. The molecule has 0 unspecified atom stereocenters. The summed E-state index contributed by atoms with van der Waals surface area (Å²) in [6, 6.07) is 9.46. The number of rotatable bonds is 7. The summed E-state index contributed by atoms with van der Waals surface area (Å²) in [5, 5.41) is 11.7. The second-order valence-electron chi connectivity index (χ2n) is 4.83. The van der Waals surface area contributed by atoms with Crippen molar-refractivity contribution in [2.45, 2.75) is 0 Å². The fourth-order valence-electron chi connectivity index (χ4n) is 2.05. The Morgan fingerprint density at radius 1 is 1.08 bits per heavy atom. The smallest absolute Gasteiger partial charge is 0.339 e.